The van der Waals surface area contributed by atoms with Crippen LogP contribution in [0.4, 0.5) is 0 Å². The smallest absolute Gasteiger partial charge is 0.0755 e. The Morgan fingerprint density at radius 3 is 2.64 bits per heavy atom. The lowest BCUT2D eigenvalue weighted by atomic mass is 10.1. The summed E-state index contributed by atoms with van der Waals surface area (Å²) in [5, 5.41) is 12.7. The van der Waals surface area contributed by atoms with E-state index in [-0.39, 0.29) is 18.8 Å². The topological polar surface area (TPSA) is 41.5 Å². The van der Waals surface area contributed by atoms with Gasteiger partial charge in [-0.25, -0.2) is 0 Å². The minimum absolute atomic E-state index is 0.153. The van der Waals surface area contributed by atoms with E-state index >= 15 is 0 Å². The Labute approximate surface area is 85.8 Å². The summed E-state index contributed by atoms with van der Waals surface area (Å²) >= 11 is 0. The molecule has 0 bridgehead atoms. The summed E-state index contributed by atoms with van der Waals surface area (Å²) in [4.78, 5) is 0. The van der Waals surface area contributed by atoms with Crippen molar-refractivity contribution in [3.05, 3.63) is 0 Å². The third-order valence-corrected chi connectivity index (χ3v) is 3.28. The number of hydrogen-bond acceptors (Lipinski definition) is 3. The molecule has 1 aliphatic heterocycles. The highest BCUT2D eigenvalue weighted by Gasteiger charge is 2.30. The first-order valence-electron chi connectivity index (χ1n) is 5.79. The summed E-state index contributed by atoms with van der Waals surface area (Å²) < 4.78 is 5.74. The molecule has 0 spiro atoms. The maximum absolute atomic E-state index is 9.26. The first-order chi connectivity index (χ1) is 6.79. The van der Waals surface area contributed by atoms with Gasteiger partial charge in [0.1, 0.15) is 0 Å². The summed E-state index contributed by atoms with van der Waals surface area (Å²) in [5.74, 6) is 0.864. The Morgan fingerprint density at radius 2 is 2.14 bits per heavy atom. The van der Waals surface area contributed by atoms with Gasteiger partial charge in [0.25, 0.3) is 0 Å². The van der Waals surface area contributed by atoms with Gasteiger partial charge in [-0.2, -0.15) is 0 Å². The molecule has 1 aliphatic carbocycles. The van der Waals surface area contributed by atoms with Crippen LogP contribution in [0.15, 0.2) is 0 Å². The highest BCUT2D eigenvalue weighted by atomic mass is 16.5. The van der Waals surface area contributed by atoms with Crippen LogP contribution in [0.25, 0.3) is 0 Å². The van der Waals surface area contributed by atoms with Crippen LogP contribution >= 0.6 is 0 Å². The lowest BCUT2D eigenvalue weighted by Crippen LogP contribution is -2.43. The molecule has 3 atom stereocenters. The van der Waals surface area contributed by atoms with E-state index in [1.807, 2.05) is 0 Å². The molecule has 3 nitrogen and oxygen atoms in total. The molecule has 2 aliphatic rings. The molecule has 1 heterocycles. The van der Waals surface area contributed by atoms with Crippen LogP contribution in [0.1, 0.15) is 32.6 Å². The van der Waals surface area contributed by atoms with Gasteiger partial charge in [0, 0.05) is 0 Å². The molecule has 2 fully saturated rings. The number of nitrogens with one attached hydrogen (secondary N) is 1. The Kier molecular flexibility index (Phi) is 3.42. The Hall–Kier alpha value is -0.120. The first kappa shape index (κ1) is 10.4. The molecule has 82 valence electrons. The van der Waals surface area contributed by atoms with E-state index in [4.69, 9.17) is 4.74 Å². The van der Waals surface area contributed by atoms with Gasteiger partial charge in [-0.1, -0.05) is 0 Å². The van der Waals surface area contributed by atoms with E-state index in [0.717, 1.165) is 25.3 Å². The van der Waals surface area contributed by atoms with Crippen molar-refractivity contribution < 1.29 is 9.84 Å². The zero-order chi connectivity index (χ0) is 9.97. The van der Waals surface area contributed by atoms with Crippen LogP contribution in [-0.4, -0.2) is 36.5 Å². The monoisotopic (exact) mass is 199 g/mol. The number of aliphatic hydroxyl groups excluding tert-OH is 1. The standard InChI is InChI=1S/C11H21NO2/c1-8-2-5-11(14-8)10(7-13)12-6-9-3-4-9/h8-13H,2-7H2,1H3. The molecule has 2 N–H and O–H groups in total. The van der Waals surface area contributed by atoms with E-state index in [1.54, 1.807) is 0 Å². The number of rotatable bonds is 5. The van der Waals surface area contributed by atoms with Gasteiger partial charge in [0.2, 0.25) is 0 Å². The summed E-state index contributed by atoms with van der Waals surface area (Å²) in [5.41, 5.74) is 0. The molecule has 1 saturated carbocycles. The third kappa shape index (κ3) is 2.69. The fourth-order valence-electron chi connectivity index (χ4n) is 2.08. The maximum Gasteiger partial charge on any atom is 0.0755 e. The van der Waals surface area contributed by atoms with Crippen LogP contribution in [-0.2, 0) is 4.74 Å². The van der Waals surface area contributed by atoms with Crippen LogP contribution in [0.5, 0.6) is 0 Å². The fourth-order valence-corrected chi connectivity index (χ4v) is 2.08. The second-order valence-corrected chi connectivity index (χ2v) is 4.70. The van der Waals surface area contributed by atoms with Crippen molar-refractivity contribution in [3.8, 4) is 0 Å². The molecule has 1 saturated heterocycles. The van der Waals surface area contributed by atoms with Gasteiger partial charge in [0.05, 0.1) is 24.9 Å². The van der Waals surface area contributed by atoms with Gasteiger partial charge in [-0.3, -0.25) is 0 Å². The normalized spacial score (nSPS) is 34.7. The molecule has 0 amide bonds. The van der Waals surface area contributed by atoms with Crippen LogP contribution in [0.2, 0.25) is 0 Å². The minimum Gasteiger partial charge on any atom is -0.395 e. The van der Waals surface area contributed by atoms with E-state index in [2.05, 4.69) is 12.2 Å². The van der Waals surface area contributed by atoms with Crippen molar-refractivity contribution >= 4 is 0 Å². The average Bonchev–Trinajstić information content (AvgIpc) is 2.90. The molecule has 14 heavy (non-hydrogen) atoms. The molecule has 0 radical (unpaired) electrons. The molecule has 0 aromatic carbocycles. The Bertz CT molecular complexity index is 182. The van der Waals surface area contributed by atoms with Crippen molar-refractivity contribution in [2.75, 3.05) is 13.2 Å². The second-order valence-electron chi connectivity index (χ2n) is 4.70. The molecule has 3 heteroatoms. The average molecular weight is 199 g/mol. The molecular formula is C11H21NO2. The number of hydrogen-bond donors (Lipinski definition) is 2. The Morgan fingerprint density at radius 1 is 1.36 bits per heavy atom. The lowest BCUT2D eigenvalue weighted by Gasteiger charge is -2.22. The fraction of sp³-hybridized carbons (Fsp3) is 1.00. The van der Waals surface area contributed by atoms with E-state index in [9.17, 15) is 5.11 Å². The van der Waals surface area contributed by atoms with Crippen molar-refractivity contribution in [1.82, 2.24) is 5.32 Å². The molecule has 0 aromatic heterocycles. The molecule has 3 unspecified atom stereocenters. The van der Waals surface area contributed by atoms with Crippen LogP contribution in [0.3, 0.4) is 0 Å². The van der Waals surface area contributed by atoms with Gasteiger partial charge < -0.3 is 15.2 Å². The largest absolute Gasteiger partial charge is 0.395 e. The minimum atomic E-state index is 0.153. The summed E-state index contributed by atoms with van der Waals surface area (Å²) in [6.07, 6.45) is 5.53. The van der Waals surface area contributed by atoms with Gasteiger partial charge in [-0.15, -0.1) is 0 Å². The van der Waals surface area contributed by atoms with Gasteiger partial charge in [-0.05, 0) is 45.1 Å². The van der Waals surface area contributed by atoms with Crippen LogP contribution in [0, 0.1) is 5.92 Å². The summed E-state index contributed by atoms with van der Waals surface area (Å²) in [6.45, 7) is 3.36. The van der Waals surface area contributed by atoms with Crippen molar-refractivity contribution in [2.24, 2.45) is 5.92 Å². The second kappa shape index (κ2) is 4.60. The van der Waals surface area contributed by atoms with Gasteiger partial charge in [0.15, 0.2) is 0 Å². The van der Waals surface area contributed by atoms with E-state index < -0.39 is 0 Å². The lowest BCUT2D eigenvalue weighted by molar-refractivity contribution is 0.0172. The predicted octanol–water partition coefficient (Wildman–Crippen LogP) is 0.914. The highest BCUT2D eigenvalue weighted by Crippen LogP contribution is 2.28. The SMILES string of the molecule is CC1CCC(C(CO)NCC2CC2)O1. The third-order valence-electron chi connectivity index (χ3n) is 3.28. The van der Waals surface area contributed by atoms with Crippen LogP contribution < -0.4 is 5.32 Å². The van der Waals surface area contributed by atoms with Crippen molar-refractivity contribution in [1.29, 1.82) is 0 Å². The summed E-state index contributed by atoms with van der Waals surface area (Å²) in [6, 6.07) is 0.153. The van der Waals surface area contributed by atoms with E-state index in [0.29, 0.717) is 6.10 Å². The highest BCUT2D eigenvalue weighted by molar-refractivity contribution is 4.85. The molecular weight excluding hydrogens is 178 g/mol. The van der Waals surface area contributed by atoms with Crippen molar-refractivity contribution in [2.45, 2.75) is 50.9 Å². The first-order valence-corrected chi connectivity index (χ1v) is 5.79. The maximum atomic E-state index is 9.26. The number of aliphatic hydroxyl groups is 1. The number of ether oxygens (including phenoxy) is 1. The quantitative estimate of drug-likeness (QED) is 0.691. The van der Waals surface area contributed by atoms with Crippen molar-refractivity contribution in [3.63, 3.8) is 0 Å². The van der Waals surface area contributed by atoms with Gasteiger partial charge >= 0.3 is 0 Å². The Balaban J connectivity index is 1.73. The molecule has 2 rings (SSSR count). The zero-order valence-corrected chi connectivity index (χ0v) is 8.91. The zero-order valence-electron chi connectivity index (χ0n) is 8.91. The molecule has 0 aromatic rings. The predicted molar refractivity (Wildman–Crippen MR) is 55.2 cm³/mol. The summed E-state index contributed by atoms with van der Waals surface area (Å²) in [7, 11) is 0. The van der Waals surface area contributed by atoms with E-state index in [1.165, 1.54) is 12.8 Å².